The molecular weight excluding hydrogens is 178 g/mol. The van der Waals surface area contributed by atoms with Crippen molar-refractivity contribution in [1.82, 2.24) is 0 Å². The van der Waals surface area contributed by atoms with E-state index in [-0.39, 0.29) is 0 Å². The van der Waals surface area contributed by atoms with Crippen molar-refractivity contribution in [3.8, 4) is 5.75 Å². The van der Waals surface area contributed by atoms with Crippen LogP contribution >= 0.6 is 0 Å². The molecule has 1 saturated heterocycles. The normalized spacial score (nSPS) is 20.8. The second kappa shape index (κ2) is 4.33. The molecule has 1 aliphatic heterocycles. The summed E-state index contributed by atoms with van der Waals surface area (Å²) in [4.78, 5) is 0. The first-order valence-corrected chi connectivity index (χ1v) is 4.87. The van der Waals surface area contributed by atoms with Crippen LogP contribution in [0.1, 0.15) is 6.42 Å². The largest absolute Gasteiger partial charge is 0.497 e. The molecule has 1 aliphatic rings. The lowest BCUT2D eigenvalue weighted by Gasteiger charge is -2.12. The fourth-order valence-electron chi connectivity index (χ4n) is 1.57. The lowest BCUT2D eigenvalue weighted by molar-refractivity contribution is 0.195. The van der Waals surface area contributed by atoms with Crippen molar-refractivity contribution >= 4 is 5.69 Å². The van der Waals surface area contributed by atoms with Crippen molar-refractivity contribution in [3.63, 3.8) is 0 Å². The SMILES string of the molecule is COc1ccc(NC2CCOC2)cc1. The van der Waals surface area contributed by atoms with E-state index < -0.39 is 0 Å². The Morgan fingerprint density at radius 2 is 2.14 bits per heavy atom. The number of hydrogen-bond acceptors (Lipinski definition) is 3. The summed E-state index contributed by atoms with van der Waals surface area (Å²) in [6.07, 6.45) is 1.09. The van der Waals surface area contributed by atoms with Gasteiger partial charge in [-0.25, -0.2) is 0 Å². The summed E-state index contributed by atoms with van der Waals surface area (Å²) in [7, 11) is 1.67. The molecule has 2 rings (SSSR count). The Morgan fingerprint density at radius 3 is 2.71 bits per heavy atom. The van der Waals surface area contributed by atoms with E-state index in [1.54, 1.807) is 7.11 Å². The molecule has 3 nitrogen and oxygen atoms in total. The fraction of sp³-hybridized carbons (Fsp3) is 0.455. The van der Waals surface area contributed by atoms with E-state index in [1.807, 2.05) is 24.3 Å². The number of methoxy groups -OCH3 is 1. The van der Waals surface area contributed by atoms with E-state index in [4.69, 9.17) is 9.47 Å². The Hall–Kier alpha value is -1.22. The molecule has 1 atom stereocenters. The van der Waals surface area contributed by atoms with Gasteiger partial charge in [-0.2, -0.15) is 0 Å². The lowest BCUT2D eigenvalue weighted by Crippen LogP contribution is -2.18. The Balaban J connectivity index is 1.95. The predicted molar refractivity (Wildman–Crippen MR) is 55.8 cm³/mol. The second-order valence-corrected chi connectivity index (χ2v) is 3.43. The van der Waals surface area contributed by atoms with Crippen LogP contribution in [0.25, 0.3) is 0 Å². The van der Waals surface area contributed by atoms with Gasteiger partial charge in [0.05, 0.1) is 19.8 Å². The molecule has 3 heteroatoms. The van der Waals surface area contributed by atoms with Crippen LogP contribution in [0.2, 0.25) is 0 Å². The number of hydrogen-bond donors (Lipinski definition) is 1. The summed E-state index contributed by atoms with van der Waals surface area (Å²) < 4.78 is 10.4. The summed E-state index contributed by atoms with van der Waals surface area (Å²) in [5.74, 6) is 0.887. The number of benzene rings is 1. The maximum atomic E-state index is 5.29. The van der Waals surface area contributed by atoms with Crippen LogP contribution < -0.4 is 10.1 Å². The van der Waals surface area contributed by atoms with Gasteiger partial charge in [0, 0.05) is 12.3 Å². The van der Waals surface area contributed by atoms with Crippen LogP contribution in [0.15, 0.2) is 24.3 Å². The average Bonchev–Trinajstić information content (AvgIpc) is 2.72. The zero-order chi connectivity index (χ0) is 9.80. The highest BCUT2D eigenvalue weighted by Gasteiger charge is 2.14. The van der Waals surface area contributed by atoms with Gasteiger partial charge in [0.15, 0.2) is 0 Å². The fourth-order valence-corrected chi connectivity index (χ4v) is 1.57. The Morgan fingerprint density at radius 1 is 1.36 bits per heavy atom. The molecule has 0 amide bonds. The number of rotatable bonds is 3. The van der Waals surface area contributed by atoms with Crippen molar-refractivity contribution in [2.24, 2.45) is 0 Å². The second-order valence-electron chi connectivity index (χ2n) is 3.43. The zero-order valence-electron chi connectivity index (χ0n) is 8.32. The minimum Gasteiger partial charge on any atom is -0.497 e. The van der Waals surface area contributed by atoms with Gasteiger partial charge in [0.1, 0.15) is 5.75 Å². The smallest absolute Gasteiger partial charge is 0.119 e. The molecular formula is C11H15NO2. The Labute approximate surface area is 84.0 Å². The van der Waals surface area contributed by atoms with Gasteiger partial charge in [0.2, 0.25) is 0 Å². The molecule has 0 aliphatic carbocycles. The number of anilines is 1. The third-order valence-corrected chi connectivity index (χ3v) is 2.39. The molecule has 76 valence electrons. The first-order valence-electron chi connectivity index (χ1n) is 4.87. The van der Waals surface area contributed by atoms with Gasteiger partial charge in [-0.15, -0.1) is 0 Å². The third kappa shape index (κ3) is 2.17. The molecule has 1 fully saturated rings. The minimum absolute atomic E-state index is 0.461. The van der Waals surface area contributed by atoms with Crippen LogP contribution in [0, 0.1) is 0 Å². The van der Waals surface area contributed by atoms with Crippen molar-refractivity contribution < 1.29 is 9.47 Å². The molecule has 0 radical (unpaired) electrons. The summed E-state index contributed by atoms with van der Waals surface area (Å²) in [6.45, 7) is 1.68. The summed E-state index contributed by atoms with van der Waals surface area (Å²) in [6, 6.07) is 8.42. The molecule has 1 unspecified atom stereocenters. The van der Waals surface area contributed by atoms with Crippen LogP contribution in [0.5, 0.6) is 5.75 Å². The van der Waals surface area contributed by atoms with E-state index in [9.17, 15) is 0 Å². The Kier molecular flexibility index (Phi) is 2.89. The first-order chi connectivity index (χ1) is 6.88. The minimum atomic E-state index is 0.461. The molecule has 0 bridgehead atoms. The number of nitrogens with one attached hydrogen (secondary N) is 1. The molecule has 0 saturated carbocycles. The highest BCUT2D eigenvalue weighted by atomic mass is 16.5. The quantitative estimate of drug-likeness (QED) is 0.795. The predicted octanol–water partition coefficient (Wildman–Crippen LogP) is 1.90. The maximum absolute atomic E-state index is 5.29. The van der Waals surface area contributed by atoms with Gasteiger partial charge in [-0.3, -0.25) is 0 Å². The van der Waals surface area contributed by atoms with Crippen LogP contribution in [0.3, 0.4) is 0 Å². The monoisotopic (exact) mass is 193 g/mol. The van der Waals surface area contributed by atoms with Gasteiger partial charge in [0.25, 0.3) is 0 Å². The molecule has 1 aromatic rings. The summed E-state index contributed by atoms with van der Waals surface area (Å²) in [5, 5.41) is 3.41. The van der Waals surface area contributed by atoms with Gasteiger partial charge in [-0.1, -0.05) is 0 Å². The van der Waals surface area contributed by atoms with Crippen molar-refractivity contribution in [1.29, 1.82) is 0 Å². The van der Waals surface area contributed by atoms with Crippen LogP contribution in [-0.2, 0) is 4.74 Å². The van der Waals surface area contributed by atoms with E-state index in [2.05, 4.69) is 5.32 Å². The molecule has 0 spiro atoms. The van der Waals surface area contributed by atoms with E-state index in [0.29, 0.717) is 6.04 Å². The highest BCUT2D eigenvalue weighted by Crippen LogP contribution is 2.17. The van der Waals surface area contributed by atoms with Crippen molar-refractivity contribution in [2.75, 3.05) is 25.6 Å². The molecule has 1 heterocycles. The topological polar surface area (TPSA) is 30.5 Å². The van der Waals surface area contributed by atoms with Crippen LogP contribution in [0.4, 0.5) is 5.69 Å². The molecule has 0 aromatic heterocycles. The van der Waals surface area contributed by atoms with E-state index in [0.717, 1.165) is 31.1 Å². The van der Waals surface area contributed by atoms with Gasteiger partial charge < -0.3 is 14.8 Å². The molecule has 1 aromatic carbocycles. The third-order valence-electron chi connectivity index (χ3n) is 2.39. The standard InChI is InChI=1S/C11H15NO2/c1-13-11-4-2-9(3-5-11)12-10-6-7-14-8-10/h2-5,10,12H,6-8H2,1H3. The molecule has 1 N–H and O–H groups in total. The van der Waals surface area contributed by atoms with E-state index >= 15 is 0 Å². The lowest BCUT2D eigenvalue weighted by atomic mass is 10.2. The average molecular weight is 193 g/mol. The molecule has 14 heavy (non-hydrogen) atoms. The van der Waals surface area contributed by atoms with Crippen LogP contribution in [-0.4, -0.2) is 26.4 Å². The summed E-state index contributed by atoms with van der Waals surface area (Å²) >= 11 is 0. The van der Waals surface area contributed by atoms with Crippen molar-refractivity contribution in [2.45, 2.75) is 12.5 Å². The Bertz CT molecular complexity index is 278. The van der Waals surface area contributed by atoms with Crippen molar-refractivity contribution in [3.05, 3.63) is 24.3 Å². The highest BCUT2D eigenvalue weighted by molar-refractivity contribution is 5.47. The van der Waals surface area contributed by atoms with E-state index in [1.165, 1.54) is 0 Å². The summed E-state index contributed by atoms with van der Waals surface area (Å²) in [5.41, 5.74) is 1.13. The van der Waals surface area contributed by atoms with Gasteiger partial charge in [-0.05, 0) is 30.7 Å². The number of ether oxygens (including phenoxy) is 2. The maximum Gasteiger partial charge on any atom is 0.119 e. The zero-order valence-corrected chi connectivity index (χ0v) is 8.32. The van der Waals surface area contributed by atoms with Gasteiger partial charge >= 0.3 is 0 Å². The first kappa shape index (κ1) is 9.34.